The highest BCUT2D eigenvalue weighted by molar-refractivity contribution is 6.36. The molecule has 0 unspecified atom stereocenters. The van der Waals surface area contributed by atoms with E-state index in [9.17, 15) is 4.79 Å². The van der Waals surface area contributed by atoms with Crippen LogP contribution in [0.25, 0.3) is 10.8 Å². The van der Waals surface area contributed by atoms with Crippen LogP contribution in [0.4, 0.5) is 0 Å². The predicted octanol–water partition coefficient (Wildman–Crippen LogP) is 5.57. The highest BCUT2D eigenvalue weighted by Gasteiger charge is 2.11. The molecule has 0 bridgehead atoms. The smallest absolute Gasteiger partial charge is 0.168 e. The van der Waals surface area contributed by atoms with Gasteiger partial charge in [-0.25, -0.2) is 0 Å². The first-order valence-electron chi connectivity index (χ1n) is 6.59. The molecule has 0 saturated carbocycles. The van der Waals surface area contributed by atoms with E-state index in [-0.39, 0.29) is 5.78 Å². The minimum absolute atomic E-state index is 0.00746. The Morgan fingerprint density at radius 2 is 1.62 bits per heavy atom. The first kappa shape index (κ1) is 14.1. The molecule has 0 aromatic heterocycles. The summed E-state index contributed by atoms with van der Waals surface area (Å²) < 4.78 is 0. The van der Waals surface area contributed by atoms with Gasteiger partial charge in [0.1, 0.15) is 0 Å². The fourth-order valence-corrected chi connectivity index (χ4v) is 2.86. The van der Waals surface area contributed by atoms with E-state index >= 15 is 0 Å². The lowest BCUT2D eigenvalue weighted by Gasteiger charge is -2.06. The number of Topliss-reactive ketones (excluding diaryl/α,β-unsaturated/α-hetero) is 1. The predicted molar refractivity (Wildman–Crippen MR) is 88.4 cm³/mol. The zero-order valence-electron chi connectivity index (χ0n) is 11.1. The maximum Gasteiger partial charge on any atom is 0.168 e. The summed E-state index contributed by atoms with van der Waals surface area (Å²) in [6.07, 6.45) is 0.326. The molecule has 0 radical (unpaired) electrons. The van der Waals surface area contributed by atoms with Crippen molar-refractivity contribution in [1.29, 1.82) is 0 Å². The lowest BCUT2D eigenvalue weighted by Crippen LogP contribution is -2.04. The molecule has 3 aromatic carbocycles. The van der Waals surface area contributed by atoms with E-state index in [0.29, 0.717) is 22.0 Å². The van der Waals surface area contributed by atoms with Crippen molar-refractivity contribution < 1.29 is 4.79 Å². The molecule has 0 N–H and O–H groups in total. The van der Waals surface area contributed by atoms with Crippen LogP contribution in [-0.2, 0) is 6.42 Å². The van der Waals surface area contributed by atoms with Crippen molar-refractivity contribution in [2.45, 2.75) is 6.42 Å². The number of carbonyl (C=O) groups is 1. The molecule has 0 fully saturated rings. The molecule has 0 amide bonds. The number of fused-ring (bicyclic) bond motifs is 1. The van der Waals surface area contributed by atoms with Crippen LogP contribution in [0.2, 0.25) is 10.0 Å². The highest BCUT2D eigenvalue weighted by atomic mass is 35.5. The van der Waals surface area contributed by atoms with E-state index in [1.807, 2.05) is 36.4 Å². The number of hydrogen-bond acceptors (Lipinski definition) is 1. The molecule has 1 nitrogen and oxygen atoms in total. The van der Waals surface area contributed by atoms with Gasteiger partial charge in [-0.2, -0.15) is 0 Å². The normalized spacial score (nSPS) is 10.8. The van der Waals surface area contributed by atoms with Gasteiger partial charge in [-0.1, -0.05) is 65.7 Å². The summed E-state index contributed by atoms with van der Waals surface area (Å²) in [5.74, 6) is -0.00746. The second-order valence-corrected chi connectivity index (χ2v) is 5.75. The third kappa shape index (κ3) is 3.10. The minimum Gasteiger partial charge on any atom is -0.294 e. The SMILES string of the molecule is O=C(Cc1ccc2ccccc2c1)c1ccc(Cl)cc1Cl. The van der Waals surface area contributed by atoms with Gasteiger partial charge in [-0.05, 0) is 34.5 Å². The Balaban J connectivity index is 1.89. The van der Waals surface area contributed by atoms with E-state index in [0.717, 1.165) is 10.9 Å². The number of rotatable bonds is 3. The topological polar surface area (TPSA) is 17.1 Å². The van der Waals surface area contributed by atoms with Crippen LogP contribution in [0, 0.1) is 0 Å². The summed E-state index contributed by atoms with van der Waals surface area (Å²) in [7, 11) is 0. The van der Waals surface area contributed by atoms with Crippen molar-refractivity contribution in [3.8, 4) is 0 Å². The van der Waals surface area contributed by atoms with Gasteiger partial charge >= 0.3 is 0 Å². The largest absolute Gasteiger partial charge is 0.294 e. The summed E-state index contributed by atoms with van der Waals surface area (Å²) in [6.45, 7) is 0. The molecule has 0 aliphatic carbocycles. The van der Waals surface area contributed by atoms with Crippen LogP contribution in [0.5, 0.6) is 0 Å². The maximum absolute atomic E-state index is 12.4. The van der Waals surface area contributed by atoms with Crippen LogP contribution in [0.1, 0.15) is 15.9 Å². The number of halogens is 2. The Kier molecular flexibility index (Phi) is 3.96. The summed E-state index contributed by atoms with van der Waals surface area (Å²) >= 11 is 11.9. The lowest BCUT2D eigenvalue weighted by molar-refractivity contribution is 0.0993. The van der Waals surface area contributed by atoms with E-state index in [1.165, 1.54) is 5.39 Å². The number of carbonyl (C=O) groups excluding carboxylic acids is 1. The van der Waals surface area contributed by atoms with Crippen molar-refractivity contribution in [2.75, 3.05) is 0 Å². The number of ketones is 1. The van der Waals surface area contributed by atoms with Crippen molar-refractivity contribution in [3.05, 3.63) is 81.8 Å². The second kappa shape index (κ2) is 5.88. The Bertz CT molecular complexity index is 824. The number of hydrogen-bond donors (Lipinski definition) is 0. The molecule has 104 valence electrons. The standard InChI is InChI=1S/C18H12Cl2O/c19-15-7-8-16(17(20)11-15)18(21)10-12-5-6-13-3-1-2-4-14(13)9-12/h1-9,11H,10H2. The van der Waals surface area contributed by atoms with Crippen LogP contribution < -0.4 is 0 Å². The second-order valence-electron chi connectivity index (χ2n) is 4.91. The molecule has 0 saturated heterocycles. The van der Waals surface area contributed by atoms with Crippen molar-refractivity contribution >= 4 is 39.8 Å². The zero-order chi connectivity index (χ0) is 14.8. The van der Waals surface area contributed by atoms with Gasteiger partial charge in [0.15, 0.2) is 5.78 Å². The van der Waals surface area contributed by atoms with Gasteiger partial charge in [-0.15, -0.1) is 0 Å². The molecular weight excluding hydrogens is 303 g/mol. The lowest BCUT2D eigenvalue weighted by atomic mass is 10.0. The Labute approximate surface area is 133 Å². The van der Waals surface area contributed by atoms with Crippen molar-refractivity contribution in [3.63, 3.8) is 0 Å². The fourth-order valence-electron chi connectivity index (χ4n) is 2.34. The van der Waals surface area contributed by atoms with E-state index < -0.39 is 0 Å². The molecule has 21 heavy (non-hydrogen) atoms. The molecule has 0 atom stereocenters. The van der Waals surface area contributed by atoms with E-state index in [2.05, 4.69) is 6.07 Å². The molecule has 0 aliphatic heterocycles. The van der Waals surface area contributed by atoms with Gasteiger partial charge in [0.25, 0.3) is 0 Å². The van der Waals surface area contributed by atoms with Gasteiger partial charge in [0.05, 0.1) is 5.02 Å². The van der Waals surface area contributed by atoms with Gasteiger partial charge < -0.3 is 0 Å². The van der Waals surface area contributed by atoms with Crippen molar-refractivity contribution in [1.82, 2.24) is 0 Å². The minimum atomic E-state index is -0.00746. The van der Waals surface area contributed by atoms with E-state index in [1.54, 1.807) is 18.2 Å². The molecule has 3 heteroatoms. The Morgan fingerprint density at radius 3 is 2.38 bits per heavy atom. The molecule has 0 spiro atoms. The molecule has 0 heterocycles. The van der Waals surface area contributed by atoms with Crippen LogP contribution in [0.15, 0.2) is 60.7 Å². The first-order valence-corrected chi connectivity index (χ1v) is 7.35. The van der Waals surface area contributed by atoms with Gasteiger partial charge in [0, 0.05) is 17.0 Å². The average Bonchev–Trinajstić information content (AvgIpc) is 2.47. The summed E-state index contributed by atoms with van der Waals surface area (Å²) in [6, 6.07) is 19.1. The summed E-state index contributed by atoms with van der Waals surface area (Å²) in [5.41, 5.74) is 1.49. The third-order valence-electron chi connectivity index (χ3n) is 3.41. The molecular formula is C18H12Cl2O. The first-order chi connectivity index (χ1) is 10.1. The van der Waals surface area contributed by atoms with Gasteiger partial charge in [-0.3, -0.25) is 4.79 Å². The van der Waals surface area contributed by atoms with Crippen LogP contribution in [0.3, 0.4) is 0 Å². The molecule has 3 rings (SSSR count). The Hall–Kier alpha value is -1.83. The quantitative estimate of drug-likeness (QED) is 0.577. The Morgan fingerprint density at radius 1 is 0.857 bits per heavy atom. The highest BCUT2D eigenvalue weighted by Crippen LogP contribution is 2.23. The summed E-state index contributed by atoms with van der Waals surface area (Å²) in [5, 5.41) is 3.22. The molecule has 0 aliphatic rings. The van der Waals surface area contributed by atoms with Crippen LogP contribution in [-0.4, -0.2) is 5.78 Å². The van der Waals surface area contributed by atoms with E-state index in [4.69, 9.17) is 23.2 Å². The number of benzene rings is 3. The van der Waals surface area contributed by atoms with Crippen LogP contribution >= 0.6 is 23.2 Å². The average molecular weight is 315 g/mol. The van der Waals surface area contributed by atoms with Gasteiger partial charge in [0.2, 0.25) is 0 Å². The fraction of sp³-hybridized carbons (Fsp3) is 0.0556. The maximum atomic E-state index is 12.4. The molecule has 3 aromatic rings. The third-order valence-corrected chi connectivity index (χ3v) is 3.96. The monoisotopic (exact) mass is 314 g/mol. The zero-order valence-corrected chi connectivity index (χ0v) is 12.7. The summed E-state index contributed by atoms with van der Waals surface area (Å²) in [4.78, 5) is 12.4. The van der Waals surface area contributed by atoms with Crippen molar-refractivity contribution in [2.24, 2.45) is 0 Å².